The monoisotopic (exact) mass is 1580 g/mol. The maximum absolute atomic E-state index is 11.9. The third kappa shape index (κ3) is 14.8. The highest BCUT2D eigenvalue weighted by molar-refractivity contribution is 7.00. The van der Waals surface area contributed by atoms with E-state index in [1.807, 2.05) is 128 Å². The van der Waals surface area contributed by atoms with Crippen LogP contribution in [0.25, 0.3) is 94.3 Å². The van der Waals surface area contributed by atoms with Gasteiger partial charge in [0.2, 0.25) is 0 Å². The van der Waals surface area contributed by atoms with E-state index in [0.29, 0.717) is 5.56 Å². The zero-order chi connectivity index (χ0) is 111. The Bertz CT molecular complexity index is 7950. The quantitative estimate of drug-likeness (QED) is 0.133. The molecule has 0 N–H and O–H groups in total. The van der Waals surface area contributed by atoms with E-state index in [4.69, 9.17) is 1.37 Å². The van der Waals surface area contributed by atoms with Crippen molar-refractivity contribution >= 4 is 79.0 Å². The molecule has 118 heavy (non-hydrogen) atoms. The molecule has 0 amide bonds. The summed E-state index contributed by atoms with van der Waals surface area (Å²) in [6, 6.07) is 1.62. The van der Waals surface area contributed by atoms with E-state index >= 15 is 0 Å². The van der Waals surface area contributed by atoms with E-state index in [1.165, 1.54) is 16.7 Å². The van der Waals surface area contributed by atoms with E-state index < -0.39 is 259 Å². The third-order valence-corrected chi connectivity index (χ3v) is 22.4. The third-order valence-electron chi connectivity index (χ3n) is 22.4. The highest BCUT2D eigenvalue weighted by Crippen LogP contribution is 2.58. The lowest BCUT2D eigenvalue weighted by Crippen LogP contribution is -2.61. The van der Waals surface area contributed by atoms with Crippen LogP contribution in [0, 0.1) is 0 Å². The van der Waals surface area contributed by atoms with Crippen LogP contribution in [-0.2, 0) is 48.7 Å². The van der Waals surface area contributed by atoms with E-state index in [-0.39, 0.29) is 168 Å². The van der Waals surface area contributed by atoms with Crippen LogP contribution in [0.5, 0.6) is 0 Å². The highest BCUT2D eigenvalue weighted by atomic mass is 15.2. The molecule has 4 heteroatoms. The van der Waals surface area contributed by atoms with E-state index in [0.717, 1.165) is 5.56 Å². The molecule has 3 nitrogen and oxygen atoms in total. The van der Waals surface area contributed by atoms with Crippen LogP contribution in [0.3, 0.4) is 0 Å². The molecular formula is C114H124BN3. The number of nitrogens with zero attached hydrogens (tertiary/aromatic N) is 3. The van der Waals surface area contributed by atoms with Crippen molar-refractivity contribution in [2.45, 2.75) is 236 Å². The second-order valence-electron chi connectivity index (χ2n) is 41.1. The Hall–Kier alpha value is -10.7. The summed E-state index contributed by atoms with van der Waals surface area (Å²) in [6.45, 7) is 47.0. The highest BCUT2D eigenvalue weighted by Gasteiger charge is 2.47. The molecular weight excluding hydrogens is 1420 g/mol. The van der Waals surface area contributed by atoms with Gasteiger partial charge in [0.05, 0.1) is 64.9 Å². The molecule has 1 aromatic heterocycles. The van der Waals surface area contributed by atoms with Gasteiger partial charge < -0.3 is 14.4 Å². The Balaban J connectivity index is 1.33. The summed E-state index contributed by atoms with van der Waals surface area (Å²) in [5.74, 6) is 0. The minimum absolute atomic E-state index is 0.0232. The smallest absolute Gasteiger partial charge is 0.252 e. The van der Waals surface area contributed by atoms with Gasteiger partial charge in [0.25, 0.3) is 6.71 Å². The van der Waals surface area contributed by atoms with Crippen molar-refractivity contribution < 1.29 is 42.5 Å². The molecule has 14 aromatic rings. The molecule has 0 atom stereocenters. The van der Waals surface area contributed by atoms with Gasteiger partial charge in [0.15, 0.2) is 0 Å². The summed E-state index contributed by atoms with van der Waals surface area (Å²) in [4.78, 5) is 3.25. The van der Waals surface area contributed by atoms with Gasteiger partial charge >= 0.3 is 0 Å². The molecule has 0 radical (unpaired) electrons. The van der Waals surface area contributed by atoms with Crippen LogP contribution >= 0.6 is 0 Å². The standard InChI is InChI=1S/C114H124BN3/c1-106(2,3)78-49-44-72(45-50-78)90-65-84(112(19,20)21)66-91(73-46-51-79(52-47-73)107(4,5)6)104(90)117-99-57-48-75(71-36-29-28-30-37-71)61-96(99)115-95-56-54-86(116-97-42-33-31-40-88(97)89-41-32-34-43-98(89)116)70-100(95)118(102-63-76(62-101(117)103(102)115)74-38-35-39-80(58-74)108(7,8)9)105-92(77-59-82(110(13,14)15)64-83(60-77)111(16,17)18)67-85(113(22,23)24)68-93(105)87-55-53-81(109(10,11)12)69-94(87)114(25,26)27/h28-70H,1-27H3/i28D,29D,30D,31D,32D,33D,34D,36D,37D,40D,41D,42D,43D,44D,45D,46D,47D,49D,50D,51D,52D,53D,55D,59D,60D,64D,65D,66D,67D,68D,69D. The van der Waals surface area contributed by atoms with Crippen molar-refractivity contribution in [3.63, 3.8) is 0 Å². The lowest BCUT2D eigenvalue weighted by molar-refractivity contribution is 0.568. The summed E-state index contributed by atoms with van der Waals surface area (Å²) in [5.41, 5.74) is -13.9. The van der Waals surface area contributed by atoms with Gasteiger partial charge in [-0.05, 0) is 226 Å². The molecule has 3 heterocycles. The minimum atomic E-state index is -1.53. The lowest BCUT2D eigenvalue weighted by Gasteiger charge is -2.46. The number of benzene rings is 13. The summed E-state index contributed by atoms with van der Waals surface area (Å²) in [6.07, 6.45) is 0. The van der Waals surface area contributed by atoms with Gasteiger partial charge in [0, 0.05) is 61.5 Å². The number of hydrogen-bond acceptors (Lipinski definition) is 2. The Morgan fingerprint density at radius 1 is 0.254 bits per heavy atom. The van der Waals surface area contributed by atoms with Crippen molar-refractivity contribution in [2.24, 2.45) is 0 Å². The van der Waals surface area contributed by atoms with Gasteiger partial charge in [-0.25, -0.2) is 0 Å². The average molecular weight is 1580 g/mol. The number of fused-ring (bicyclic) bond motifs is 7. The predicted octanol–water partition coefficient (Wildman–Crippen LogP) is 30.5. The summed E-state index contributed by atoms with van der Waals surface area (Å²) in [7, 11) is 0. The maximum Gasteiger partial charge on any atom is 0.252 e. The zero-order valence-electron chi connectivity index (χ0n) is 104. The fourth-order valence-corrected chi connectivity index (χ4v) is 15.6. The second-order valence-corrected chi connectivity index (χ2v) is 41.1. The summed E-state index contributed by atoms with van der Waals surface area (Å²) < 4.78 is 324. The van der Waals surface area contributed by atoms with E-state index in [1.54, 1.807) is 129 Å². The number of rotatable bonds is 9. The SMILES string of the molecule is [2H]c1c([2H])c([2H])c(-c2ccc3c(c2)B2c4ccc(-n5c6c([2H])c([2H])c([2H])c([2H])c6c6c([2H])c([2H])c([2H])c([2H])c65)cc4N(c4c(-c5c([2H])c(C(C)(C)C)c([2H])c(C(C)(C)C)c5[2H])c([2H])c(C(C)(C)C)c([2H])c4-c4c([2H])c([2H])c(C(C)(C)C)c([2H])c4C(C)(C)C)c4cc(-c5cccc(C(C)(C)C)c5)cc(c42)N3c2c(-c3c([2H])c([2H])c(C(C)(C)C)c([2H])c3[2H])c([2H])c(C(C)(C)C)c([2H])c2-c2c([2H])c([2H])c(C(C)(C)C)c([2H])c2[2H])c([2H])c1[2H]. The first-order valence-corrected chi connectivity index (χ1v) is 40.8. The van der Waals surface area contributed by atoms with Crippen molar-refractivity contribution in [3.8, 4) is 72.4 Å². The van der Waals surface area contributed by atoms with Crippen molar-refractivity contribution in [2.75, 3.05) is 9.80 Å². The molecule has 2 aliphatic heterocycles. The van der Waals surface area contributed by atoms with Crippen molar-refractivity contribution in [3.05, 3.63) is 310 Å². The molecule has 13 aromatic carbocycles. The first-order valence-electron chi connectivity index (χ1n) is 56.3. The number of aromatic nitrogens is 1. The topological polar surface area (TPSA) is 11.4 Å². The molecule has 0 unspecified atom stereocenters. The first kappa shape index (κ1) is 51.6. The molecule has 16 rings (SSSR count). The normalized spacial score (nSPS) is 17.3. The van der Waals surface area contributed by atoms with Crippen LogP contribution in [0.2, 0.25) is 0 Å². The molecule has 2 aliphatic rings. The van der Waals surface area contributed by atoms with Crippen LogP contribution < -0.4 is 26.2 Å². The molecule has 0 saturated heterocycles. The molecule has 598 valence electrons. The Kier molecular flexibility index (Phi) is 12.5. The fourth-order valence-electron chi connectivity index (χ4n) is 15.6. The number of para-hydroxylation sites is 2. The number of anilines is 6. The van der Waals surface area contributed by atoms with Crippen LogP contribution in [-0.4, -0.2) is 11.3 Å². The molecule has 0 fully saturated rings. The number of hydrogen-bond donors (Lipinski definition) is 0. The van der Waals surface area contributed by atoms with Crippen LogP contribution in [0.15, 0.2) is 260 Å². The predicted molar refractivity (Wildman–Crippen MR) is 516 cm³/mol. The molecule has 0 spiro atoms. The summed E-state index contributed by atoms with van der Waals surface area (Å²) in [5, 5.41) is -0.657. The average Bonchev–Trinajstić information content (AvgIpc) is 1.68. The Labute approximate surface area is 751 Å². The van der Waals surface area contributed by atoms with Gasteiger partial charge in [-0.3, -0.25) is 0 Å². The molecule has 0 aliphatic carbocycles. The second kappa shape index (κ2) is 28.5. The zero-order valence-corrected chi connectivity index (χ0v) is 73.3. The minimum Gasteiger partial charge on any atom is -0.310 e. The van der Waals surface area contributed by atoms with Gasteiger partial charge in [-0.15, -0.1) is 0 Å². The van der Waals surface area contributed by atoms with E-state index in [2.05, 4.69) is 0 Å². The van der Waals surface area contributed by atoms with Crippen molar-refractivity contribution in [1.82, 2.24) is 4.57 Å². The van der Waals surface area contributed by atoms with Crippen LogP contribution in [0.1, 0.15) is 280 Å². The van der Waals surface area contributed by atoms with Gasteiger partial charge in [-0.1, -0.05) is 380 Å². The Morgan fingerprint density at radius 3 is 1.18 bits per heavy atom. The van der Waals surface area contributed by atoms with Gasteiger partial charge in [-0.2, -0.15) is 0 Å². The maximum atomic E-state index is 11.9. The van der Waals surface area contributed by atoms with E-state index in [9.17, 15) is 41.1 Å². The molecule has 0 bridgehead atoms. The van der Waals surface area contributed by atoms with Crippen molar-refractivity contribution in [1.29, 1.82) is 0 Å². The Morgan fingerprint density at radius 2 is 0.686 bits per heavy atom. The first-order chi connectivity index (χ1) is 68.2. The summed E-state index contributed by atoms with van der Waals surface area (Å²) >= 11 is 0. The lowest BCUT2D eigenvalue weighted by atomic mass is 9.33. The largest absolute Gasteiger partial charge is 0.310 e. The molecule has 0 saturated carbocycles. The van der Waals surface area contributed by atoms with Crippen LogP contribution in [0.4, 0.5) is 34.1 Å². The van der Waals surface area contributed by atoms with Gasteiger partial charge in [0.1, 0.15) is 0 Å². The fraction of sp³-hybridized carbons (Fsp3) is 0.316.